The normalized spacial score (nSPS) is 26.2. The van der Waals surface area contributed by atoms with Crippen LogP contribution in [0, 0.1) is 11.3 Å². The molecule has 3 N–H and O–H groups in total. The average Bonchev–Trinajstić information content (AvgIpc) is 2.66. The maximum atomic E-state index is 12.6. The van der Waals surface area contributed by atoms with Gasteiger partial charge >= 0.3 is 6.03 Å². The summed E-state index contributed by atoms with van der Waals surface area (Å²) in [6.45, 7) is 3.88. The summed E-state index contributed by atoms with van der Waals surface area (Å²) in [7, 11) is 0. The predicted molar refractivity (Wildman–Crippen MR) is 110 cm³/mol. The lowest BCUT2D eigenvalue weighted by molar-refractivity contribution is -0.114. The molecule has 0 aromatic heterocycles. The topological polar surface area (TPSA) is 70.2 Å². The molecule has 0 bridgehead atoms. The second-order valence-corrected chi connectivity index (χ2v) is 8.50. The van der Waals surface area contributed by atoms with Crippen molar-refractivity contribution in [1.82, 2.24) is 5.32 Å². The van der Waals surface area contributed by atoms with Gasteiger partial charge in [0.1, 0.15) is 0 Å². The molecule has 3 amide bonds. The SMILES string of the molecule is CC(=O)Nc1ccc(NC(=O)NC2CCCCC2(C)C2CCCCC2)cc1. The van der Waals surface area contributed by atoms with E-state index >= 15 is 0 Å². The van der Waals surface area contributed by atoms with E-state index in [4.69, 9.17) is 0 Å². The highest BCUT2D eigenvalue weighted by Crippen LogP contribution is 2.48. The number of amides is 3. The third-order valence-electron chi connectivity index (χ3n) is 6.56. The zero-order valence-corrected chi connectivity index (χ0v) is 16.6. The summed E-state index contributed by atoms with van der Waals surface area (Å²) in [6.07, 6.45) is 11.4. The van der Waals surface area contributed by atoms with Gasteiger partial charge in [-0.25, -0.2) is 4.79 Å². The molecule has 2 atom stereocenters. The minimum Gasteiger partial charge on any atom is -0.335 e. The molecule has 0 spiro atoms. The molecule has 2 saturated carbocycles. The third-order valence-corrected chi connectivity index (χ3v) is 6.56. The summed E-state index contributed by atoms with van der Waals surface area (Å²) in [4.78, 5) is 23.7. The maximum Gasteiger partial charge on any atom is 0.319 e. The first-order valence-corrected chi connectivity index (χ1v) is 10.4. The van der Waals surface area contributed by atoms with E-state index in [2.05, 4.69) is 22.9 Å². The summed E-state index contributed by atoms with van der Waals surface area (Å²) in [5.74, 6) is 0.626. The van der Waals surface area contributed by atoms with Gasteiger partial charge in [0.05, 0.1) is 0 Å². The van der Waals surface area contributed by atoms with Gasteiger partial charge in [-0.1, -0.05) is 39.0 Å². The first-order chi connectivity index (χ1) is 13.0. The molecular weight excluding hydrogens is 338 g/mol. The van der Waals surface area contributed by atoms with Crippen molar-refractivity contribution in [3.63, 3.8) is 0 Å². The molecule has 2 aliphatic rings. The molecule has 5 heteroatoms. The summed E-state index contributed by atoms with van der Waals surface area (Å²) in [6, 6.07) is 7.33. The Morgan fingerprint density at radius 1 is 0.889 bits per heavy atom. The van der Waals surface area contributed by atoms with Gasteiger partial charge in [0.2, 0.25) is 5.91 Å². The van der Waals surface area contributed by atoms with Crippen molar-refractivity contribution in [2.75, 3.05) is 10.6 Å². The van der Waals surface area contributed by atoms with E-state index in [1.807, 2.05) is 12.1 Å². The van der Waals surface area contributed by atoms with Gasteiger partial charge in [0.15, 0.2) is 0 Å². The van der Waals surface area contributed by atoms with Crippen LogP contribution >= 0.6 is 0 Å². The van der Waals surface area contributed by atoms with Gasteiger partial charge in [0, 0.05) is 24.3 Å². The van der Waals surface area contributed by atoms with Crippen LogP contribution in [0.2, 0.25) is 0 Å². The molecule has 27 heavy (non-hydrogen) atoms. The minimum atomic E-state index is -0.129. The van der Waals surface area contributed by atoms with Crippen molar-refractivity contribution in [2.45, 2.75) is 77.7 Å². The summed E-state index contributed by atoms with van der Waals surface area (Å²) in [5.41, 5.74) is 1.67. The van der Waals surface area contributed by atoms with Crippen molar-refractivity contribution in [3.8, 4) is 0 Å². The molecular formula is C22H33N3O2. The maximum absolute atomic E-state index is 12.6. The number of benzene rings is 1. The van der Waals surface area contributed by atoms with Crippen LogP contribution in [0.5, 0.6) is 0 Å². The lowest BCUT2D eigenvalue weighted by Gasteiger charge is -2.48. The molecule has 1 aromatic rings. The summed E-state index contributed by atoms with van der Waals surface area (Å²) >= 11 is 0. The molecule has 0 radical (unpaired) electrons. The Hall–Kier alpha value is -2.04. The second-order valence-electron chi connectivity index (χ2n) is 8.50. The quantitative estimate of drug-likeness (QED) is 0.672. The largest absolute Gasteiger partial charge is 0.335 e. The number of carbonyl (C=O) groups excluding carboxylic acids is 2. The fourth-order valence-electron chi connectivity index (χ4n) is 5.01. The number of carbonyl (C=O) groups is 2. The Bertz CT molecular complexity index is 652. The Morgan fingerprint density at radius 3 is 2.11 bits per heavy atom. The van der Waals surface area contributed by atoms with Crippen molar-refractivity contribution >= 4 is 23.3 Å². The zero-order valence-electron chi connectivity index (χ0n) is 16.6. The van der Waals surface area contributed by atoms with E-state index in [9.17, 15) is 9.59 Å². The molecule has 148 valence electrons. The first kappa shape index (κ1) is 19.7. The Balaban J connectivity index is 1.60. The predicted octanol–water partition coefficient (Wildman–Crippen LogP) is 5.30. The molecule has 5 nitrogen and oxygen atoms in total. The van der Waals surface area contributed by atoms with Crippen LogP contribution in [0.4, 0.5) is 16.2 Å². The van der Waals surface area contributed by atoms with Crippen LogP contribution in [0.25, 0.3) is 0 Å². The lowest BCUT2D eigenvalue weighted by atomic mass is 9.60. The van der Waals surface area contributed by atoms with E-state index in [1.165, 1.54) is 58.3 Å². The van der Waals surface area contributed by atoms with Crippen LogP contribution in [-0.2, 0) is 4.79 Å². The lowest BCUT2D eigenvalue weighted by Crippen LogP contribution is -2.53. The Labute approximate surface area is 162 Å². The Kier molecular flexibility index (Phi) is 6.40. The molecule has 0 aliphatic heterocycles. The van der Waals surface area contributed by atoms with Crippen LogP contribution in [0.3, 0.4) is 0 Å². The van der Waals surface area contributed by atoms with Gasteiger partial charge in [0.25, 0.3) is 0 Å². The number of nitrogens with one attached hydrogen (secondary N) is 3. The van der Waals surface area contributed by atoms with Gasteiger partial charge in [-0.3, -0.25) is 4.79 Å². The van der Waals surface area contributed by atoms with E-state index in [0.29, 0.717) is 0 Å². The molecule has 2 aliphatic carbocycles. The van der Waals surface area contributed by atoms with Gasteiger partial charge in [-0.15, -0.1) is 0 Å². The molecule has 1 aromatic carbocycles. The van der Waals surface area contributed by atoms with Crippen molar-refractivity contribution in [3.05, 3.63) is 24.3 Å². The molecule has 3 rings (SSSR count). The molecule has 0 saturated heterocycles. The minimum absolute atomic E-state index is 0.104. The van der Waals surface area contributed by atoms with E-state index in [-0.39, 0.29) is 23.4 Å². The van der Waals surface area contributed by atoms with Gasteiger partial charge in [-0.05, 0) is 61.3 Å². The van der Waals surface area contributed by atoms with Crippen LogP contribution in [0.1, 0.15) is 71.6 Å². The number of hydrogen-bond acceptors (Lipinski definition) is 2. The fraction of sp³-hybridized carbons (Fsp3) is 0.636. The standard InChI is InChI=1S/C22H33N3O2/c1-16(26)23-18-11-13-19(14-12-18)24-21(27)25-20-10-6-7-15-22(20,2)17-8-4-3-5-9-17/h11-14,17,20H,3-10,15H2,1-2H3,(H,23,26)(H2,24,25,27). The smallest absolute Gasteiger partial charge is 0.319 e. The van der Waals surface area contributed by atoms with Crippen LogP contribution in [0.15, 0.2) is 24.3 Å². The molecule has 2 fully saturated rings. The number of urea groups is 1. The number of hydrogen-bond donors (Lipinski definition) is 3. The molecule has 2 unspecified atom stereocenters. The third kappa shape index (κ3) is 5.02. The van der Waals surface area contributed by atoms with Crippen molar-refractivity contribution in [1.29, 1.82) is 0 Å². The number of anilines is 2. The summed E-state index contributed by atoms with van der Waals surface area (Å²) < 4.78 is 0. The highest BCUT2D eigenvalue weighted by Gasteiger charge is 2.43. The van der Waals surface area contributed by atoms with E-state index in [0.717, 1.165) is 23.7 Å². The molecule has 0 heterocycles. The van der Waals surface area contributed by atoms with E-state index in [1.54, 1.807) is 12.1 Å². The zero-order chi connectivity index (χ0) is 19.3. The van der Waals surface area contributed by atoms with Crippen molar-refractivity contribution < 1.29 is 9.59 Å². The van der Waals surface area contributed by atoms with Crippen LogP contribution in [-0.4, -0.2) is 18.0 Å². The van der Waals surface area contributed by atoms with Crippen LogP contribution < -0.4 is 16.0 Å². The average molecular weight is 372 g/mol. The highest BCUT2D eigenvalue weighted by atomic mass is 16.2. The highest BCUT2D eigenvalue weighted by molar-refractivity contribution is 5.91. The number of rotatable bonds is 4. The van der Waals surface area contributed by atoms with Crippen molar-refractivity contribution in [2.24, 2.45) is 11.3 Å². The first-order valence-electron chi connectivity index (χ1n) is 10.4. The summed E-state index contributed by atoms with van der Waals surface area (Å²) in [5, 5.41) is 8.96. The second kappa shape index (κ2) is 8.77. The van der Waals surface area contributed by atoms with E-state index < -0.39 is 0 Å². The monoisotopic (exact) mass is 371 g/mol. The Morgan fingerprint density at radius 2 is 1.48 bits per heavy atom. The van der Waals surface area contributed by atoms with Gasteiger partial charge in [-0.2, -0.15) is 0 Å². The fourth-order valence-corrected chi connectivity index (χ4v) is 5.01. The van der Waals surface area contributed by atoms with Gasteiger partial charge < -0.3 is 16.0 Å².